The number of nitrogen functional groups attached to an aromatic ring is 1. The van der Waals surface area contributed by atoms with E-state index in [0.29, 0.717) is 6.04 Å². The summed E-state index contributed by atoms with van der Waals surface area (Å²) in [5.74, 6) is 0. The summed E-state index contributed by atoms with van der Waals surface area (Å²) in [4.78, 5) is 0. The molecule has 1 heterocycles. The van der Waals surface area contributed by atoms with Crippen molar-refractivity contribution in [3.05, 3.63) is 29.4 Å². The second-order valence-corrected chi connectivity index (χ2v) is 5.38. The van der Waals surface area contributed by atoms with Crippen molar-refractivity contribution >= 4 is 28.2 Å². The van der Waals surface area contributed by atoms with Crippen LogP contribution < -0.4 is 5.73 Å². The Kier molecular flexibility index (Phi) is 2.75. The van der Waals surface area contributed by atoms with Crippen molar-refractivity contribution in [2.24, 2.45) is 0 Å². The molecular weight excluding hydrogens is 232 g/mol. The van der Waals surface area contributed by atoms with Gasteiger partial charge in [0.15, 0.2) is 0 Å². The molecule has 0 unspecified atom stereocenters. The Labute approximate surface area is 106 Å². The van der Waals surface area contributed by atoms with Crippen molar-refractivity contribution in [2.75, 3.05) is 5.73 Å². The second kappa shape index (κ2) is 4.26. The van der Waals surface area contributed by atoms with Gasteiger partial charge >= 0.3 is 0 Å². The summed E-state index contributed by atoms with van der Waals surface area (Å²) in [6, 6.07) is 6.61. The lowest BCUT2D eigenvalue weighted by Gasteiger charge is -2.24. The summed E-state index contributed by atoms with van der Waals surface area (Å²) in [5.41, 5.74) is 8.14. The van der Waals surface area contributed by atoms with E-state index in [1.54, 1.807) is 0 Å². The first-order chi connectivity index (χ1) is 8.25. The van der Waals surface area contributed by atoms with Crippen LogP contribution in [0.15, 0.2) is 24.4 Å². The number of halogens is 1. The Morgan fingerprint density at radius 2 is 1.94 bits per heavy atom. The van der Waals surface area contributed by atoms with Gasteiger partial charge in [-0.1, -0.05) is 30.9 Å². The molecule has 1 saturated carbocycles. The van der Waals surface area contributed by atoms with Gasteiger partial charge in [0.2, 0.25) is 0 Å². The Balaban J connectivity index is 2.10. The van der Waals surface area contributed by atoms with Crippen molar-refractivity contribution in [1.29, 1.82) is 0 Å². The van der Waals surface area contributed by atoms with Gasteiger partial charge in [0.1, 0.15) is 0 Å². The fraction of sp³-hybridized carbons (Fsp3) is 0.429. The zero-order valence-corrected chi connectivity index (χ0v) is 10.6. The maximum Gasteiger partial charge on any atom is 0.0574 e. The van der Waals surface area contributed by atoms with Gasteiger partial charge in [0.25, 0.3) is 0 Å². The molecule has 1 aromatic heterocycles. The third kappa shape index (κ3) is 1.91. The van der Waals surface area contributed by atoms with Gasteiger partial charge in [-0.3, -0.25) is 0 Å². The van der Waals surface area contributed by atoms with E-state index < -0.39 is 0 Å². The van der Waals surface area contributed by atoms with Gasteiger partial charge in [0, 0.05) is 22.6 Å². The average molecular weight is 249 g/mol. The average Bonchev–Trinajstić information content (AvgIpc) is 2.68. The molecule has 17 heavy (non-hydrogen) atoms. The number of hydrogen-bond acceptors (Lipinski definition) is 1. The lowest BCUT2D eigenvalue weighted by atomic mass is 9.95. The fourth-order valence-corrected chi connectivity index (χ4v) is 3.09. The van der Waals surface area contributed by atoms with Gasteiger partial charge < -0.3 is 10.3 Å². The predicted molar refractivity (Wildman–Crippen MR) is 73.5 cm³/mol. The minimum atomic E-state index is 0.615. The maximum atomic E-state index is 6.07. The molecule has 0 spiro atoms. The number of nitrogens with two attached hydrogens (primary N) is 1. The molecule has 1 aromatic carbocycles. The molecule has 0 aliphatic heterocycles. The summed E-state index contributed by atoms with van der Waals surface area (Å²) < 4.78 is 2.35. The van der Waals surface area contributed by atoms with Crippen molar-refractivity contribution in [3.8, 4) is 0 Å². The highest BCUT2D eigenvalue weighted by Gasteiger charge is 2.18. The zero-order valence-electron chi connectivity index (χ0n) is 9.82. The van der Waals surface area contributed by atoms with E-state index in [9.17, 15) is 0 Å². The lowest BCUT2D eigenvalue weighted by molar-refractivity contribution is 0.361. The van der Waals surface area contributed by atoms with Crippen molar-refractivity contribution < 1.29 is 0 Å². The Morgan fingerprint density at radius 3 is 2.71 bits per heavy atom. The van der Waals surface area contributed by atoms with E-state index in [1.807, 2.05) is 12.1 Å². The third-order valence-corrected chi connectivity index (χ3v) is 4.03. The minimum Gasteiger partial charge on any atom is -0.397 e. The van der Waals surface area contributed by atoms with E-state index in [4.69, 9.17) is 17.3 Å². The van der Waals surface area contributed by atoms with Crippen LogP contribution in [0.3, 0.4) is 0 Å². The van der Waals surface area contributed by atoms with E-state index in [0.717, 1.165) is 16.1 Å². The number of hydrogen-bond donors (Lipinski definition) is 1. The van der Waals surface area contributed by atoms with Crippen LogP contribution in [0.2, 0.25) is 5.02 Å². The quantitative estimate of drug-likeness (QED) is 0.798. The Hall–Kier alpha value is -1.15. The molecule has 1 fully saturated rings. The summed E-state index contributed by atoms with van der Waals surface area (Å²) in [6.45, 7) is 0. The molecule has 1 aliphatic carbocycles. The smallest absolute Gasteiger partial charge is 0.0574 e. The number of rotatable bonds is 1. The van der Waals surface area contributed by atoms with Crippen molar-refractivity contribution in [1.82, 2.24) is 4.57 Å². The molecule has 2 nitrogen and oxygen atoms in total. The van der Waals surface area contributed by atoms with E-state index >= 15 is 0 Å². The van der Waals surface area contributed by atoms with Gasteiger partial charge in [-0.25, -0.2) is 0 Å². The molecule has 1 aliphatic rings. The van der Waals surface area contributed by atoms with Crippen molar-refractivity contribution in [3.63, 3.8) is 0 Å². The van der Waals surface area contributed by atoms with Gasteiger partial charge in [-0.15, -0.1) is 0 Å². The fourth-order valence-electron chi connectivity index (χ4n) is 2.91. The topological polar surface area (TPSA) is 30.9 Å². The van der Waals surface area contributed by atoms with Crippen LogP contribution in [0.1, 0.15) is 38.1 Å². The summed E-state index contributed by atoms with van der Waals surface area (Å²) in [5, 5.41) is 1.84. The minimum absolute atomic E-state index is 0.615. The van der Waals surface area contributed by atoms with Crippen LogP contribution in [0.25, 0.3) is 10.9 Å². The molecule has 0 atom stereocenters. The predicted octanol–water partition coefficient (Wildman–Crippen LogP) is 4.38. The normalized spacial score (nSPS) is 17.7. The highest BCUT2D eigenvalue weighted by Crippen LogP contribution is 2.35. The molecule has 3 rings (SSSR count). The van der Waals surface area contributed by atoms with Gasteiger partial charge in [-0.2, -0.15) is 0 Å². The SMILES string of the molecule is Nc1cn(C2CCCCC2)c2ccc(Cl)cc12. The van der Waals surface area contributed by atoms with Gasteiger partial charge in [0.05, 0.1) is 11.2 Å². The Bertz CT molecular complexity index is 538. The van der Waals surface area contributed by atoms with Crippen LogP contribution in [-0.4, -0.2) is 4.57 Å². The molecule has 2 aromatic rings. The molecule has 3 heteroatoms. The first-order valence-electron chi connectivity index (χ1n) is 6.31. The summed E-state index contributed by atoms with van der Waals surface area (Å²) in [6.07, 6.45) is 8.65. The number of benzene rings is 1. The zero-order chi connectivity index (χ0) is 11.8. The maximum absolute atomic E-state index is 6.07. The lowest BCUT2D eigenvalue weighted by Crippen LogP contribution is -2.11. The molecule has 0 saturated heterocycles. The highest BCUT2D eigenvalue weighted by molar-refractivity contribution is 6.31. The van der Waals surface area contributed by atoms with Crippen LogP contribution in [0.5, 0.6) is 0 Å². The number of aromatic nitrogens is 1. The number of fused-ring (bicyclic) bond motifs is 1. The van der Waals surface area contributed by atoms with E-state index in [-0.39, 0.29) is 0 Å². The van der Waals surface area contributed by atoms with Gasteiger partial charge in [-0.05, 0) is 31.0 Å². The first-order valence-corrected chi connectivity index (χ1v) is 6.69. The van der Waals surface area contributed by atoms with Crippen molar-refractivity contribution in [2.45, 2.75) is 38.1 Å². The van der Waals surface area contributed by atoms with Crippen LogP contribution in [-0.2, 0) is 0 Å². The Morgan fingerprint density at radius 1 is 1.18 bits per heavy atom. The summed E-state index contributed by atoms with van der Waals surface area (Å²) >= 11 is 6.02. The largest absolute Gasteiger partial charge is 0.397 e. The molecule has 0 bridgehead atoms. The highest BCUT2D eigenvalue weighted by atomic mass is 35.5. The molecular formula is C14H17ClN2. The second-order valence-electron chi connectivity index (χ2n) is 4.95. The first kappa shape index (κ1) is 11.0. The molecule has 0 amide bonds. The van der Waals surface area contributed by atoms with E-state index in [2.05, 4.69) is 16.8 Å². The summed E-state index contributed by atoms with van der Waals surface area (Å²) in [7, 11) is 0. The number of anilines is 1. The molecule has 2 N–H and O–H groups in total. The monoisotopic (exact) mass is 248 g/mol. The standard InChI is InChI=1S/C14H17ClN2/c15-10-6-7-14-12(8-10)13(16)9-17(14)11-4-2-1-3-5-11/h6-9,11H,1-5,16H2. The van der Waals surface area contributed by atoms with Crippen LogP contribution in [0, 0.1) is 0 Å². The third-order valence-electron chi connectivity index (χ3n) is 3.79. The molecule has 90 valence electrons. The molecule has 0 radical (unpaired) electrons. The van der Waals surface area contributed by atoms with Crippen LogP contribution in [0.4, 0.5) is 5.69 Å². The number of nitrogens with zero attached hydrogens (tertiary/aromatic N) is 1. The van der Waals surface area contributed by atoms with E-state index in [1.165, 1.54) is 37.6 Å². The van der Waals surface area contributed by atoms with Crippen LogP contribution >= 0.6 is 11.6 Å².